The zero-order chi connectivity index (χ0) is 21.5. The summed E-state index contributed by atoms with van der Waals surface area (Å²) in [5.74, 6) is -0.685. The molecule has 1 spiro atoms. The van der Waals surface area contributed by atoms with Crippen molar-refractivity contribution in [3.63, 3.8) is 0 Å². The van der Waals surface area contributed by atoms with Gasteiger partial charge in [0.25, 0.3) is 0 Å². The Morgan fingerprint density at radius 2 is 1.58 bits per heavy atom. The molecule has 0 fully saturated rings. The van der Waals surface area contributed by atoms with E-state index in [1.54, 1.807) is 54.6 Å². The number of hydrogen-bond acceptors (Lipinski definition) is 5. The third-order valence-corrected chi connectivity index (χ3v) is 6.10. The number of para-hydroxylation sites is 1. The second-order valence-corrected chi connectivity index (χ2v) is 7.48. The van der Waals surface area contributed by atoms with Gasteiger partial charge in [0.2, 0.25) is 5.78 Å². The number of carbonyl (C=O) groups excluding carboxylic acids is 1. The zero-order valence-corrected chi connectivity index (χ0v) is 15.9. The molecule has 0 bridgehead atoms. The van der Waals surface area contributed by atoms with Crippen molar-refractivity contribution < 1.29 is 4.79 Å². The van der Waals surface area contributed by atoms with E-state index in [1.807, 2.05) is 18.2 Å². The minimum atomic E-state index is -1.82. The SMILES string of the molecule is N#CC1=C(N)n2c(=O)n(-c3ccccc3)c(=O)n2C12C(=O)c1cccc3cccc2c13. The summed E-state index contributed by atoms with van der Waals surface area (Å²) in [5, 5.41) is 11.4. The fraction of sp³-hybridized carbons (Fsp3) is 0.0435. The van der Waals surface area contributed by atoms with E-state index in [1.165, 1.54) is 0 Å². The van der Waals surface area contributed by atoms with E-state index in [0.29, 0.717) is 22.2 Å². The molecule has 0 amide bonds. The maximum Gasteiger partial charge on any atom is 0.358 e. The van der Waals surface area contributed by atoms with Crippen molar-refractivity contribution in [2.45, 2.75) is 5.54 Å². The minimum Gasteiger partial charge on any atom is -0.383 e. The number of allylic oxidation sites excluding steroid dienone is 1. The van der Waals surface area contributed by atoms with E-state index in [9.17, 15) is 19.6 Å². The summed E-state index contributed by atoms with van der Waals surface area (Å²) in [5.41, 5.74) is 3.98. The number of fused-ring (bicyclic) bond motifs is 3. The average molecular weight is 407 g/mol. The number of carbonyl (C=O) groups is 1. The van der Waals surface area contributed by atoms with Crippen LogP contribution in [-0.4, -0.2) is 19.7 Å². The Morgan fingerprint density at radius 3 is 2.29 bits per heavy atom. The number of benzene rings is 3. The first-order chi connectivity index (χ1) is 15.0. The van der Waals surface area contributed by atoms with E-state index in [2.05, 4.69) is 0 Å². The van der Waals surface area contributed by atoms with Crippen LogP contribution in [-0.2, 0) is 5.54 Å². The number of hydrogen-bond donors (Lipinski definition) is 1. The van der Waals surface area contributed by atoms with Crippen molar-refractivity contribution in [2.75, 3.05) is 0 Å². The summed E-state index contributed by atoms with van der Waals surface area (Å²) < 4.78 is 2.93. The smallest absolute Gasteiger partial charge is 0.358 e. The Morgan fingerprint density at radius 1 is 0.871 bits per heavy atom. The molecule has 148 valence electrons. The van der Waals surface area contributed by atoms with Crippen molar-refractivity contribution in [3.05, 3.63) is 104 Å². The van der Waals surface area contributed by atoms with Gasteiger partial charge in [-0.2, -0.15) is 9.94 Å². The lowest BCUT2D eigenvalue weighted by molar-refractivity contribution is 0.0891. The Kier molecular flexibility index (Phi) is 3.05. The number of aromatic nitrogens is 3. The number of nitrogens with two attached hydrogens (primary N) is 1. The van der Waals surface area contributed by atoms with Gasteiger partial charge in [0.05, 0.1) is 5.69 Å². The van der Waals surface area contributed by atoms with Gasteiger partial charge in [0.15, 0.2) is 5.54 Å². The first-order valence-electron chi connectivity index (χ1n) is 9.54. The van der Waals surface area contributed by atoms with Crippen molar-refractivity contribution in [1.82, 2.24) is 13.9 Å². The van der Waals surface area contributed by atoms with Gasteiger partial charge in [-0.05, 0) is 22.9 Å². The molecule has 1 aliphatic carbocycles. The molecule has 8 heteroatoms. The zero-order valence-electron chi connectivity index (χ0n) is 15.9. The van der Waals surface area contributed by atoms with Crippen molar-refractivity contribution in [1.29, 1.82) is 5.26 Å². The molecule has 0 saturated carbocycles. The molecule has 2 aliphatic rings. The predicted octanol–water partition coefficient (Wildman–Crippen LogP) is 1.56. The number of nitriles is 1. The lowest BCUT2D eigenvalue weighted by atomic mass is 9.83. The quantitative estimate of drug-likeness (QED) is 0.514. The second kappa shape index (κ2) is 5.49. The highest BCUT2D eigenvalue weighted by Gasteiger charge is 2.59. The molecule has 1 aromatic heterocycles. The van der Waals surface area contributed by atoms with E-state index >= 15 is 0 Å². The molecule has 31 heavy (non-hydrogen) atoms. The highest BCUT2D eigenvalue weighted by Crippen LogP contribution is 2.49. The van der Waals surface area contributed by atoms with Gasteiger partial charge < -0.3 is 5.73 Å². The van der Waals surface area contributed by atoms with Crippen molar-refractivity contribution in [2.24, 2.45) is 5.73 Å². The maximum atomic E-state index is 13.9. The molecule has 3 aromatic carbocycles. The fourth-order valence-electron chi connectivity index (χ4n) is 4.89. The number of nitrogens with zero attached hydrogens (tertiary/aromatic N) is 4. The van der Waals surface area contributed by atoms with E-state index in [0.717, 1.165) is 19.3 Å². The van der Waals surface area contributed by atoms with Crippen LogP contribution in [0, 0.1) is 11.3 Å². The molecule has 0 saturated heterocycles. The first-order valence-corrected chi connectivity index (χ1v) is 9.54. The summed E-state index contributed by atoms with van der Waals surface area (Å²) in [6.07, 6.45) is 0. The summed E-state index contributed by atoms with van der Waals surface area (Å²) in [6.45, 7) is 0. The molecular formula is C23H13N5O3. The van der Waals surface area contributed by atoms with Crippen molar-refractivity contribution in [3.8, 4) is 11.8 Å². The summed E-state index contributed by atoms with van der Waals surface area (Å²) >= 11 is 0. The fourth-order valence-corrected chi connectivity index (χ4v) is 4.89. The van der Waals surface area contributed by atoms with Gasteiger partial charge in [0.1, 0.15) is 17.5 Å². The van der Waals surface area contributed by atoms with E-state index in [4.69, 9.17) is 5.73 Å². The summed E-state index contributed by atoms with van der Waals surface area (Å²) in [4.78, 5) is 40.8. The Bertz CT molecular complexity index is 1660. The molecule has 4 aromatic rings. The Balaban J connectivity index is 1.83. The van der Waals surface area contributed by atoms with Crippen LogP contribution in [0.2, 0.25) is 0 Å². The molecule has 2 N–H and O–H groups in total. The lowest BCUT2D eigenvalue weighted by Crippen LogP contribution is -2.46. The van der Waals surface area contributed by atoms with Gasteiger partial charge in [0, 0.05) is 11.1 Å². The predicted molar refractivity (Wildman–Crippen MR) is 113 cm³/mol. The summed E-state index contributed by atoms with van der Waals surface area (Å²) in [7, 11) is 0. The van der Waals surface area contributed by atoms with Gasteiger partial charge in [-0.15, -0.1) is 0 Å². The molecule has 1 unspecified atom stereocenters. The third kappa shape index (κ3) is 1.73. The first kappa shape index (κ1) is 17.2. The molecule has 1 aliphatic heterocycles. The molecule has 1 atom stereocenters. The van der Waals surface area contributed by atoms with Gasteiger partial charge in [-0.1, -0.05) is 54.6 Å². The number of ketones is 1. The van der Waals surface area contributed by atoms with Crippen LogP contribution in [0.15, 0.2) is 81.9 Å². The highest BCUT2D eigenvalue weighted by atomic mass is 16.2. The lowest BCUT2D eigenvalue weighted by Gasteiger charge is -2.24. The molecule has 8 nitrogen and oxygen atoms in total. The highest BCUT2D eigenvalue weighted by molar-refractivity contribution is 6.22. The van der Waals surface area contributed by atoms with Crippen LogP contribution in [0.25, 0.3) is 22.3 Å². The van der Waals surface area contributed by atoms with E-state index < -0.39 is 22.7 Å². The minimum absolute atomic E-state index is 0.129. The average Bonchev–Trinajstić information content (AvgIpc) is 3.32. The van der Waals surface area contributed by atoms with E-state index in [-0.39, 0.29) is 11.4 Å². The van der Waals surface area contributed by atoms with Crippen LogP contribution in [0.1, 0.15) is 15.9 Å². The van der Waals surface area contributed by atoms with Gasteiger partial charge in [-0.25, -0.2) is 18.8 Å². The number of Topliss-reactive ketones (excluding diaryl/α,β-unsaturated/α-hetero) is 1. The molecule has 2 heterocycles. The van der Waals surface area contributed by atoms with Crippen LogP contribution in [0.3, 0.4) is 0 Å². The topological polar surface area (TPSA) is 116 Å². The maximum absolute atomic E-state index is 13.9. The standard InChI is InChI=1S/C23H13N5O3/c24-12-17-20(25)27-21(30)26(14-8-2-1-3-9-14)22(31)28(27)23(17)16-11-5-7-13-6-4-10-15(18(13)16)19(23)29/h1-11H,25H2. The summed E-state index contributed by atoms with van der Waals surface area (Å²) in [6, 6.07) is 21.0. The van der Waals surface area contributed by atoms with Crippen molar-refractivity contribution >= 4 is 22.4 Å². The molecular weight excluding hydrogens is 394 g/mol. The van der Waals surface area contributed by atoms with Crippen LogP contribution >= 0.6 is 0 Å². The van der Waals surface area contributed by atoms with Gasteiger partial charge >= 0.3 is 11.4 Å². The largest absolute Gasteiger partial charge is 0.383 e. The third-order valence-electron chi connectivity index (χ3n) is 6.10. The monoisotopic (exact) mass is 407 g/mol. The second-order valence-electron chi connectivity index (χ2n) is 7.48. The number of rotatable bonds is 1. The van der Waals surface area contributed by atoms with Gasteiger partial charge in [-0.3, -0.25) is 4.79 Å². The Hall–Kier alpha value is -4.64. The molecule has 6 rings (SSSR count). The normalized spacial score (nSPS) is 18.7. The van der Waals surface area contributed by atoms with Crippen LogP contribution in [0.4, 0.5) is 0 Å². The van der Waals surface area contributed by atoms with Crippen LogP contribution in [0.5, 0.6) is 0 Å². The molecule has 0 radical (unpaired) electrons. The van der Waals surface area contributed by atoms with Crippen LogP contribution < -0.4 is 17.1 Å². The Labute approximate surface area is 174 Å².